The molecule has 4 rings (SSSR count). The van der Waals surface area contributed by atoms with Gasteiger partial charge in [-0.25, -0.2) is 4.79 Å². The highest BCUT2D eigenvalue weighted by Crippen LogP contribution is 2.33. The SMILES string of the molecule is Cc1ccc(NC(=O)OCc2cc(Br)c3c(c2)C(=O)N(C2CCC(=O)NC2=O)C3)cc1Cl. The largest absolute Gasteiger partial charge is 0.444 e. The number of amides is 4. The van der Waals surface area contributed by atoms with Crippen molar-refractivity contribution >= 4 is 57.0 Å². The van der Waals surface area contributed by atoms with E-state index in [1.807, 2.05) is 6.92 Å². The molecular weight excluding hydrogens is 502 g/mol. The molecule has 0 aliphatic carbocycles. The van der Waals surface area contributed by atoms with Crippen LogP contribution in [0.4, 0.5) is 10.5 Å². The second kappa shape index (κ2) is 8.91. The second-order valence-electron chi connectivity index (χ2n) is 7.67. The predicted molar refractivity (Wildman–Crippen MR) is 120 cm³/mol. The molecule has 2 aliphatic rings. The molecule has 166 valence electrons. The molecule has 0 saturated carbocycles. The molecule has 10 heteroatoms. The summed E-state index contributed by atoms with van der Waals surface area (Å²) in [6, 6.07) is 7.88. The highest BCUT2D eigenvalue weighted by atomic mass is 79.9. The Balaban J connectivity index is 1.43. The van der Waals surface area contributed by atoms with Gasteiger partial charge in [0.25, 0.3) is 5.91 Å². The minimum Gasteiger partial charge on any atom is -0.444 e. The average molecular weight is 521 g/mol. The highest BCUT2D eigenvalue weighted by molar-refractivity contribution is 9.10. The summed E-state index contributed by atoms with van der Waals surface area (Å²) < 4.78 is 5.97. The smallest absolute Gasteiger partial charge is 0.411 e. The first kappa shape index (κ1) is 22.3. The number of hydrogen-bond acceptors (Lipinski definition) is 5. The maximum atomic E-state index is 13.0. The summed E-state index contributed by atoms with van der Waals surface area (Å²) in [5, 5.41) is 5.42. The van der Waals surface area contributed by atoms with Crippen molar-refractivity contribution in [1.29, 1.82) is 0 Å². The molecule has 2 aromatic carbocycles. The topological polar surface area (TPSA) is 105 Å². The number of carbonyl (C=O) groups excluding carboxylic acids is 4. The predicted octanol–water partition coefficient (Wildman–Crippen LogP) is 3.92. The van der Waals surface area contributed by atoms with Crippen LogP contribution in [0.5, 0.6) is 0 Å². The van der Waals surface area contributed by atoms with E-state index in [2.05, 4.69) is 26.6 Å². The van der Waals surface area contributed by atoms with Crippen molar-refractivity contribution in [3.63, 3.8) is 0 Å². The zero-order chi connectivity index (χ0) is 23.0. The minimum absolute atomic E-state index is 0.0526. The summed E-state index contributed by atoms with van der Waals surface area (Å²) in [5.74, 6) is -1.09. The Labute approximate surface area is 197 Å². The average Bonchev–Trinajstić information content (AvgIpc) is 3.06. The number of benzene rings is 2. The highest BCUT2D eigenvalue weighted by Gasteiger charge is 2.39. The molecule has 1 unspecified atom stereocenters. The van der Waals surface area contributed by atoms with Gasteiger partial charge in [-0.05, 0) is 54.3 Å². The zero-order valence-corrected chi connectivity index (χ0v) is 19.4. The summed E-state index contributed by atoms with van der Waals surface area (Å²) >= 11 is 9.54. The first-order chi connectivity index (χ1) is 15.2. The number of imide groups is 1. The molecule has 2 N–H and O–H groups in total. The summed E-state index contributed by atoms with van der Waals surface area (Å²) in [6.07, 6.45) is -0.169. The van der Waals surface area contributed by atoms with Crippen molar-refractivity contribution in [2.24, 2.45) is 0 Å². The summed E-state index contributed by atoms with van der Waals surface area (Å²) in [6.45, 7) is 2.07. The maximum absolute atomic E-state index is 13.0. The normalized spacial score (nSPS) is 17.8. The van der Waals surface area contributed by atoms with Gasteiger partial charge < -0.3 is 9.64 Å². The molecule has 1 atom stereocenters. The third kappa shape index (κ3) is 4.49. The summed E-state index contributed by atoms with van der Waals surface area (Å²) in [5.41, 5.74) is 3.21. The third-order valence-electron chi connectivity index (χ3n) is 5.45. The van der Waals surface area contributed by atoms with E-state index in [1.54, 1.807) is 30.3 Å². The van der Waals surface area contributed by atoms with Crippen LogP contribution >= 0.6 is 27.5 Å². The molecule has 0 aromatic heterocycles. The van der Waals surface area contributed by atoms with Crippen molar-refractivity contribution in [2.45, 2.75) is 39.0 Å². The first-order valence-electron chi connectivity index (χ1n) is 9.89. The molecule has 0 spiro atoms. The van der Waals surface area contributed by atoms with Crippen LogP contribution in [0, 0.1) is 6.92 Å². The molecule has 1 fully saturated rings. The van der Waals surface area contributed by atoms with Gasteiger partial charge >= 0.3 is 6.09 Å². The van der Waals surface area contributed by atoms with E-state index in [1.165, 1.54) is 4.90 Å². The second-order valence-corrected chi connectivity index (χ2v) is 8.93. The Bertz CT molecular complexity index is 1150. The van der Waals surface area contributed by atoms with Gasteiger partial charge in [-0.3, -0.25) is 25.0 Å². The van der Waals surface area contributed by atoms with E-state index in [0.29, 0.717) is 32.7 Å². The van der Waals surface area contributed by atoms with Gasteiger partial charge in [0.2, 0.25) is 11.8 Å². The monoisotopic (exact) mass is 519 g/mol. The molecular formula is C22H19BrClN3O5. The van der Waals surface area contributed by atoms with Gasteiger partial charge in [0, 0.05) is 33.7 Å². The Hall–Kier alpha value is -2.91. The van der Waals surface area contributed by atoms with Gasteiger partial charge in [0.05, 0.1) is 0 Å². The molecule has 32 heavy (non-hydrogen) atoms. The van der Waals surface area contributed by atoms with Crippen LogP contribution in [-0.4, -0.2) is 34.8 Å². The molecule has 1 saturated heterocycles. The number of carbonyl (C=O) groups is 4. The van der Waals surface area contributed by atoms with Crippen LogP contribution in [0.25, 0.3) is 0 Å². The van der Waals surface area contributed by atoms with Crippen molar-refractivity contribution in [3.8, 4) is 0 Å². The van der Waals surface area contributed by atoms with E-state index >= 15 is 0 Å². The fourth-order valence-electron chi connectivity index (χ4n) is 3.73. The number of anilines is 1. The Kier molecular flexibility index (Phi) is 6.21. The molecule has 8 nitrogen and oxygen atoms in total. The lowest BCUT2D eigenvalue weighted by Crippen LogP contribution is -2.52. The van der Waals surface area contributed by atoms with Crippen LogP contribution in [0.1, 0.15) is 39.9 Å². The van der Waals surface area contributed by atoms with Gasteiger partial charge in [0.15, 0.2) is 0 Å². The van der Waals surface area contributed by atoms with E-state index in [9.17, 15) is 19.2 Å². The minimum atomic E-state index is -0.689. The van der Waals surface area contributed by atoms with E-state index < -0.39 is 18.0 Å². The van der Waals surface area contributed by atoms with Gasteiger partial charge in [0.1, 0.15) is 12.6 Å². The van der Waals surface area contributed by atoms with Gasteiger partial charge in [-0.2, -0.15) is 0 Å². The third-order valence-corrected chi connectivity index (χ3v) is 6.56. The molecule has 0 bridgehead atoms. The molecule has 2 aliphatic heterocycles. The van der Waals surface area contributed by atoms with Crippen LogP contribution in [0.3, 0.4) is 0 Å². The zero-order valence-electron chi connectivity index (χ0n) is 17.0. The van der Waals surface area contributed by atoms with E-state index in [0.717, 1.165) is 11.1 Å². The van der Waals surface area contributed by atoms with Crippen LogP contribution in [-0.2, 0) is 27.5 Å². The fourth-order valence-corrected chi connectivity index (χ4v) is 4.54. The number of nitrogens with zero attached hydrogens (tertiary/aromatic N) is 1. The number of ether oxygens (including phenoxy) is 1. The van der Waals surface area contributed by atoms with Crippen molar-refractivity contribution < 1.29 is 23.9 Å². The lowest BCUT2D eigenvalue weighted by atomic mass is 10.0. The number of halogens is 2. The number of hydrogen-bond donors (Lipinski definition) is 2. The van der Waals surface area contributed by atoms with Crippen molar-refractivity contribution in [1.82, 2.24) is 10.2 Å². The molecule has 2 heterocycles. The number of nitrogens with one attached hydrogen (secondary N) is 2. The fraction of sp³-hybridized carbons (Fsp3) is 0.273. The summed E-state index contributed by atoms with van der Waals surface area (Å²) in [4.78, 5) is 50.2. The Morgan fingerprint density at radius 1 is 1.28 bits per heavy atom. The van der Waals surface area contributed by atoms with Crippen LogP contribution in [0.15, 0.2) is 34.8 Å². The number of piperidine rings is 1. The molecule has 2 aromatic rings. The Morgan fingerprint density at radius 2 is 2.06 bits per heavy atom. The molecule has 0 radical (unpaired) electrons. The quantitative estimate of drug-likeness (QED) is 0.595. The number of fused-ring (bicyclic) bond motifs is 1. The van der Waals surface area contributed by atoms with Crippen molar-refractivity contribution in [3.05, 3.63) is 62.1 Å². The number of aryl methyl sites for hydroxylation is 1. The van der Waals surface area contributed by atoms with E-state index in [4.69, 9.17) is 16.3 Å². The lowest BCUT2D eigenvalue weighted by molar-refractivity contribution is -0.136. The maximum Gasteiger partial charge on any atom is 0.411 e. The van der Waals surface area contributed by atoms with Crippen LogP contribution < -0.4 is 10.6 Å². The van der Waals surface area contributed by atoms with Crippen molar-refractivity contribution in [2.75, 3.05) is 5.32 Å². The van der Waals surface area contributed by atoms with E-state index in [-0.39, 0.29) is 31.4 Å². The standard InChI is InChI=1S/C22H19BrClN3O5/c1-11-2-3-13(8-17(11)24)25-22(31)32-10-12-6-14-15(16(23)7-12)9-27(21(14)30)18-4-5-19(28)26-20(18)29/h2-3,6-8,18H,4-5,9-10H2,1H3,(H,25,31)(H,26,28,29). The first-order valence-corrected chi connectivity index (χ1v) is 11.1. The number of rotatable bonds is 4. The molecule has 4 amide bonds. The lowest BCUT2D eigenvalue weighted by Gasteiger charge is -2.29. The van der Waals surface area contributed by atoms with Gasteiger partial charge in [-0.1, -0.05) is 33.6 Å². The Morgan fingerprint density at radius 3 is 2.78 bits per heavy atom. The van der Waals surface area contributed by atoms with Gasteiger partial charge in [-0.15, -0.1) is 0 Å². The van der Waals surface area contributed by atoms with Crippen LogP contribution in [0.2, 0.25) is 5.02 Å². The summed E-state index contributed by atoms with van der Waals surface area (Å²) in [7, 11) is 0.